The van der Waals surface area contributed by atoms with Crippen molar-refractivity contribution in [3.63, 3.8) is 0 Å². The highest BCUT2D eigenvalue weighted by atomic mass is 28.3. The highest BCUT2D eigenvalue weighted by molar-refractivity contribution is 6.83. The molecular formula is C16H28Si. The molecule has 17 heavy (non-hydrogen) atoms. The molecule has 1 aliphatic rings. The molecule has 0 aromatic carbocycles. The van der Waals surface area contributed by atoms with Gasteiger partial charge in [0.15, 0.2) is 0 Å². The monoisotopic (exact) mass is 248 g/mol. The smallest absolute Gasteiger partial charge is 0.127 e. The molecule has 0 aromatic rings. The molecule has 0 amide bonds. The lowest BCUT2D eigenvalue weighted by molar-refractivity contribution is 0.294. The van der Waals surface area contributed by atoms with Crippen LogP contribution in [0.4, 0.5) is 0 Å². The van der Waals surface area contributed by atoms with E-state index < -0.39 is 8.07 Å². The van der Waals surface area contributed by atoms with Gasteiger partial charge < -0.3 is 0 Å². The second kappa shape index (κ2) is 7.06. The largest absolute Gasteiger partial charge is 0.129 e. The van der Waals surface area contributed by atoms with Crippen LogP contribution in [0, 0.1) is 23.3 Å². The summed E-state index contributed by atoms with van der Waals surface area (Å²) in [4.78, 5) is 0. The van der Waals surface area contributed by atoms with E-state index in [9.17, 15) is 0 Å². The standard InChI is InChI=1S/C16H28Si/c1-5-8-15-10-12-16(13-11-15)9-6-7-14-17(2,3)4/h6,9,15-16H,5,8,10-13H2,1-4H3. The van der Waals surface area contributed by atoms with Crippen molar-refractivity contribution in [2.75, 3.05) is 0 Å². The molecule has 0 heterocycles. The van der Waals surface area contributed by atoms with Gasteiger partial charge in [-0.25, -0.2) is 0 Å². The molecule has 0 nitrogen and oxygen atoms in total. The van der Waals surface area contributed by atoms with Crippen LogP contribution in [0.25, 0.3) is 0 Å². The van der Waals surface area contributed by atoms with Gasteiger partial charge >= 0.3 is 0 Å². The number of hydrogen-bond acceptors (Lipinski definition) is 0. The number of hydrogen-bond donors (Lipinski definition) is 0. The van der Waals surface area contributed by atoms with E-state index in [1.807, 2.05) is 0 Å². The third kappa shape index (κ3) is 6.73. The van der Waals surface area contributed by atoms with Crippen LogP contribution in [0.15, 0.2) is 12.2 Å². The van der Waals surface area contributed by atoms with Crippen LogP contribution in [-0.2, 0) is 0 Å². The maximum Gasteiger partial charge on any atom is 0.129 e. The summed E-state index contributed by atoms with van der Waals surface area (Å²) >= 11 is 0. The van der Waals surface area contributed by atoms with E-state index >= 15 is 0 Å². The molecule has 0 spiro atoms. The molecule has 1 fully saturated rings. The Balaban J connectivity index is 2.30. The Kier molecular flexibility index (Phi) is 6.06. The SMILES string of the molecule is CCCC1CCC(C=CC#C[Si](C)(C)C)CC1. The predicted molar refractivity (Wildman–Crippen MR) is 80.6 cm³/mol. The third-order valence-electron chi connectivity index (χ3n) is 3.49. The van der Waals surface area contributed by atoms with E-state index in [1.165, 1.54) is 38.5 Å². The van der Waals surface area contributed by atoms with E-state index in [4.69, 9.17) is 0 Å². The van der Waals surface area contributed by atoms with Gasteiger partial charge in [0.2, 0.25) is 0 Å². The fourth-order valence-corrected chi connectivity index (χ4v) is 3.04. The first-order chi connectivity index (χ1) is 8.01. The van der Waals surface area contributed by atoms with Crippen molar-refractivity contribution in [1.29, 1.82) is 0 Å². The van der Waals surface area contributed by atoms with Crippen molar-refractivity contribution in [3.05, 3.63) is 12.2 Å². The molecule has 0 bridgehead atoms. The van der Waals surface area contributed by atoms with Crippen molar-refractivity contribution in [2.45, 2.75) is 65.1 Å². The van der Waals surface area contributed by atoms with Crippen molar-refractivity contribution >= 4 is 8.07 Å². The zero-order chi connectivity index (χ0) is 12.7. The Morgan fingerprint density at radius 2 is 1.76 bits per heavy atom. The van der Waals surface area contributed by atoms with Gasteiger partial charge in [-0.1, -0.05) is 51.4 Å². The second-order valence-electron chi connectivity index (χ2n) is 6.45. The van der Waals surface area contributed by atoms with Crippen LogP contribution in [0.5, 0.6) is 0 Å². The molecule has 1 saturated carbocycles. The topological polar surface area (TPSA) is 0 Å². The highest BCUT2D eigenvalue weighted by Crippen LogP contribution is 2.31. The van der Waals surface area contributed by atoms with Crippen molar-refractivity contribution in [2.24, 2.45) is 11.8 Å². The van der Waals surface area contributed by atoms with Crippen molar-refractivity contribution in [3.8, 4) is 11.5 Å². The van der Waals surface area contributed by atoms with Crippen molar-refractivity contribution in [1.82, 2.24) is 0 Å². The maximum absolute atomic E-state index is 3.39. The molecule has 0 aliphatic heterocycles. The van der Waals surface area contributed by atoms with Crippen LogP contribution in [-0.4, -0.2) is 8.07 Å². The van der Waals surface area contributed by atoms with Gasteiger partial charge in [-0.05, 0) is 43.6 Å². The minimum atomic E-state index is -1.18. The van der Waals surface area contributed by atoms with Gasteiger partial charge in [-0.2, -0.15) is 0 Å². The van der Waals surface area contributed by atoms with E-state index in [1.54, 1.807) is 0 Å². The molecular weight excluding hydrogens is 220 g/mol. The third-order valence-corrected chi connectivity index (χ3v) is 4.38. The summed E-state index contributed by atoms with van der Waals surface area (Å²) in [5.41, 5.74) is 3.39. The van der Waals surface area contributed by atoms with Gasteiger partial charge in [0, 0.05) is 0 Å². The Labute approximate surface area is 109 Å². The van der Waals surface area contributed by atoms with Crippen LogP contribution >= 0.6 is 0 Å². The van der Waals surface area contributed by atoms with Gasteiger partial charge in [-0.15, -0.1) is 5.54 Å². The molecule has 0 N–H and O–H groups in total. The summed E-state index contributed by atoms with van der Waals surface area (Å²) in [5, 5.41) is 0. The first-order valence-corrected chi connectivity index (χ1v) is 10.7. The first-order valence-electron chi connectivity index (χ1n) is 7.20. The molecule has 1 rings (SSSR count). The summed E-state index contributed by atoms with van der Waals surface area (Å²) in [6, 6.07) is 0. The predicted octanol–water partition coefficient (Wildman–Crippen LogP) is 5.03. The molecule has 96 valence electrons. The fourth-order valence-electron chi connectivity index (χ4n) is 2.52. The van der Waals surface area contributed by atoms with E-state index in [0.717, 1.165) is 11.8 Å². The lowest BCUT2D eigenvalue weighted by Gasteiger charge is -2.26. The van der Waals surface area contributed by atoms with Gasteiger partial charge in [0.05, 0.1) is 0 Å². The Hall–Kier alpha value is -0.483. The molecule has 0 atom stereocenters. The zero-order valence-corrected chi connectivity index (χ0v) is 13.1. The summed E-state index contributed by atoms with van der Waals surface area (Å²) in [7, 11) is -1.18. The summed E-state index contributed by atoms with van der Waals surface area (Å²) < 4.78 is 0. The molecule has 0 radical (unpaired) electrons. The van der Waals surface area contributed by atoms with Gasteiger partial charge in [0.1, 0.15) is 8.07 Å². The fraction of sp³-hybridized carbons (Fsp3) is 0.750. The summed E-state index contributed by atoms with van der Waals surface area (Å²) in [6.45, 7) is 9.19. The molecule has 1 heteroatoms. The zero-order valence-electron chi connectivity index (χ0n) is 12.1. The van der Waals surface area contributed by atoms with Gasteiger partial charge in [-0.3, -0.25) is 0 Å². The highest BCUT2D eigenvalue weighted by Gasteiger charge is 2.18. The Bertz CT molecular complexity index is 290. The normalized spacial score (nSPS) is 25.6. The van der Waals surface area contributed by atoms with E-state index in [-0.39, 0.29) is 0 Å². The quantitative estimate of drug-likeness (QED) is 0.485. The molecule has 1 aliphatic carbocycles. The lowest BCUT2D eigenvalue weighted by atomic mass is 9.80. The minimum Gasteiger partial charge on any atom is -0.127 e. The van der Waals surface area contributed by atoms with E-state index in [2.05, 4.69) is 50.2 Å². The molecule has 0 aromatic heterocycles. The maximum atomic E-state index is 3.39. The van der Waals surface area contributed by atoms with E-state index in [0.29, 0.717) is 0 Å². The summed E-state index contributed by atoms with van der Waals surface area (Å²) in [5.74, 6) is 5.06. The van der Waals surface area contributed by atoms with Crippen LogP contribution in [0.1, 0.15) is 45.4 Å². The molecule has 0 saturated heterocycles. The first kappa shape index (κ1) is 14.6. The number of rotatable bonds is 3. The van der Waals surface area contributed by atoms with Crippen LogP contribution < -0.4 is 0 Å². The summed E-state index contributed by atoms with van der Waals surface area (Å²) in [6.07, 6.45) is 12.9. The van der Waals surface area contributed by atoms with Crippen LogP contribution in [0.2, 0.25) is 19.6 Å². The van der Waals surface area contributed by atoms with Gasteiger partial charge in [0.25, 0.3) is 0 Å². The number of allylic oxidation sites excluding steroid dienone is 2. The Morgan fingerprint density at radius 3 is 2.29 bits per heavy atom. The Morgan fingerprint density at radius 1 is 1.12 bits per heavy atom. The lowest BCUT2D eigenvalue weighted by Crippen LogP contribution is -2.16. The van der Waals surface area contributed by atoms with Crippen molar-refractivity contribution < 1.29 is 0 Å². The minimum absolute atomic E-state index is 0.805. The van der Waals surface area contributed by atoms with Crippen LogP contribution in [0.3, 0.4) is 0 Å². The second-order valence-corrected chi connectivity index (χ2v) is 11.2. The molecule has 0 unspecified atom stereocenters. The average molecular weight is 248 g/mol. The average Bonchev–Trinajstić information content (AvgIpc) is 2.26.